The predicted molar refractivity (Wildman–Crippen MR) is 209 cm³/mol. The third kappa shape index (κ3) is 4.64. The average molecular weight is 652 g/mol. The molecule has 2 bridgehead atoms. The van der Waals surface area contributed by atoms with Crippen molar-refractivity contribution >= 4 is 48.6 Å². The van der Waals surface area contributed by atoms with E-state index in [-0.39, 0.29) is 0 Å². The van der Waals surface area contributed by atoms with Gasteiger partial charge in [-0.15, -0.1) is 11.3 Å². The fourth-order valence-corrected chi connectivity index (χ4v) is 11.5. The SMILES string of the molecule is Cc1cc(C23CCC(C2)C2CCCC23)ccc1N(c1ccc2sc3ccccc3c2c1)c1ccc(-c2ccccc2)cc1-c1ccccc1. The topological polar surface area (TPSA) is 3.24 Å². The molecule has 3 aliphatic carbocycles. The highest BCUT2D eigenvalue weighted by atomic mass is 32.1. The molecule has 0 aliphatic heterocycles. The molecule has 3 saturated carbocycles. The first kappa shape index (κ1) is 29.3. The monoisotopic (exact) mass is 651 g/mol. The largest absolute Gasteiger partial charge is 0.310 e. The number of hydrogen-bond donors (Lipinski definition) is 0. The van der Waals surface area contributed by atoms with E-state index in [2.05, 4.69) is 151 Å². The summed E-state index contributed by atoms with van der Waals surface area (Å²) >= 11 is 1.89. The van der Waals surface area contributed by atoms with Crippen LogP contribution in [0.2, 0.25) is 0 Å². The Kier molecular flexibility index (Phi) is 6.85. The van der Waals surface area contributed by atoms with Gasteiger partial charge in [-0.05, 0) is 132 Å². The van der Waals surface area contributed by atoms with Crippen LogP contribution in [0, 0.1) is 24.7 Å². The molecule has 7 aromatic rings. The molecular weight excluding hydrogens is 611 g/mol. The predicted octanol–water partition coefficient (Wildman–Crippen LogP) is 13.6. The molecule has 0 amide bonds. The average Bonchev–Trinajstić information content (AvgIpc) is 3.95. The number of thiophene rings is 1. The third-order valence-electron chi connectivity index (χ3n) is 12.5. The summed E-state index contributed by atoms with van der Waals surface area (Å²) in [5.74, 6) is 2.80. The Labute approximate surface area is 293 Å². The van der Waals surface area contributed by atoms with E-state index in [1.807, 2.05) is 11.3 Å². The minimum absolute atomic E-state index is 0.390. The number of hydrogen-bond acceptors (Lipinski definition) is 2. The van der Waals surface area contributed by atoms with Crippen LogP contribution in [0.5, 0.6) is 0 Å². The van der Waals surface area contributed by atoms with Crippen LogP contribution in [0.4, 0.5) is 17.1 Å². The van der Waals surface area contributed by atoms with E-state index < -0.39 is 0 Å². The van der Waals surface area contributed by atoms with E-state index >= 15 is 0 Å². The zero-order valence-electron chi connectivity index (χ0n) is 28.1. The van der Waals surface area contributed by atoms with Gasteiger partial charge in [0.1, 0.15) is 0 Å². The van der Waals surface area contributed by atoms with Gasteiger partial charge in [-0.2, -0.15) is 0 Å². The fraction of sp³-hybridized carbons (Fsp3) is 0.234. The van der Waals surface area contributed by atoms with E-state index in [9.17, 15) is 0 Å². The smallest absolute Gasteiger partial charge is 0.0540 e. The molecule has 0 radical (unpaired) electrons. The van der Waals surface area contributed by atoms with Crippen molar-refractivity contribution in [3.63, 3.8) is 0 Å². The van der Waals surface area contributed by atoms with E-state index in [4.69, 9.17) is 0 Å². The Morgan fingerprint density at radius 1 is 0.612 bits per heavy atom. The van der Waals surface area contributed by atoms with Gasteiger partial charge in [-0.1, -0.05) is 103 Å². The van der Waals surface area contributed by atoms with Crippen molar-refractivity contribution in [3.05, 3.63) is 151 Å². The maximum absolute atomic E-state index is 2.59. The lowest BCUT2D eigenvalue weighted by molar-refractivity contribution is 0.226. The third-order valence-corrected chi connectivity index (χ3v) is 13.7. The lowest BCUT2D eigenvalue weighted by Gasteiger charge is -2.37. The lowest BCUT2D eigenvalue weighted by atomic mass is 9.67. The first-order valence-corrected chi connectivity index (χ1v) is 19.1. The van der Waals surface area contributed by atoms with Crippen LogP contribution in [-0.2, 0) is 5.41 Å². The number of aryl methyl sites for hydroxylation is 1. The number of nitrogens with zero attached hydrogens (tertiary/aromatic N) is 1. The number of benzene rings is 6. The van der Waals surface area contributed by atoms with Gasteiger partial charge >= 0.3 is 0 Å². The van der Waals surface area contributed by atoms with Crippen molar-refractivity contribution in [2.24, 2.45) is 17.8 Å². The van der Waals surface area contributed by atoms with Crippen molar-refractivity contribution in [1.29, 1.82) is 0 Å². The molecular formula is C47H41NS. The molecule has 3 fully saturated rings. The summed E-state index contributed by atoms with van der Waals surface area (Å²) in [6.07, 6.45) is 8.53. The Morgan fingerprint density at radius 3 is 2.20 bits per heavy atom. The maximum atomic E-state index is 2.59. The Hall–Kier alpha value is -4.66. The molecule has 1 nitrogen and oxygen atoms in total. The Balaban J connectivity index is 1.18. The van der Waals surface area contributed by atoms with Gasteiger partial charge in [0.15, 0.2) is 0 Å². The summed E-state index contributed by atoms with van der Waals surface area (Å²) in [5.41, 5.74) is 12.0. The van der Waals surface area contributed by atoms with E-state index in [1.165, 1.54) is 104 Å². The van der Waals surface area contributed by atoms with Gasteiger partial charge in [0, 0.05) is 37.1 Å². The molecule has 3 aliphatic rings. The second-order valence-electron chi connectivity index (χ2n) is 14.9. The quantitative estimate of drug-likeness (QED) is 0.173. The van der Waals surface area contributed by atoms with Crippen LogP contribution >= 0.6 is 11.3 Å². The molecule has 4 unspecified atom stereocenters. The van der Waals surface area contributed by atoms with Crippen molar-refractivity contribution in [2.75, 3.05) is 4.90 Å². The second kappa shape index (κ2) is 11.5. The number of anilines is 3. The molecule has 1 aromatic heterocycles. The minimum atomic E-state index is 0.390. The Morgan fingerprint density at radius 2 is 1.37 bits per heavy atom. The lowest BCUT2D eigenvalue weighted by Crippen LogP contribution is -2.32. The van der Waals surface area contributed by atoms with Crippen molar-refractivity contribution < 1.29 is 0 Å². The molecule has 49 heavy (non-hydrogen) atoms. The van der Waals surface area contributed by atoms with Gasteiger partial charge < -0.3 is 4.90 Å². The molecule has 240 valence electrons. The Bertz CT molecular complexity index is 2340. The highest BCUT2D eigenvalue weighted by Gasteiger charge is 2.59. The zero-order valence-corrected chi connectivity index (χ0v) is 28.9. The van der Waals surface area contributed by atoms with Crippen LogP contribution < -0.4 is 4.90 Å². The minimum Gasteiger partial charge on any atom is -0.310 e. The molecule has 1 heterocycles. The second-order valence-corrected chi connectivity index (χ2v) is 16.0. The van der Waals surface area contributed by atoms with Crippen molar-refractivity contribution in [2.45, 2.75) is 50.9 Å². The normalized spacial score (nSPS) is 22.6. The van der Waals surface area contributed by atoms with Gasteiger partial charge in [0.25, 0.3) is 0 Å². The van der Waals surface area contributed by atoms with Gasteiger partial charge in [0.05, 0.1) is 5.69 Å². The van der Waals surface area contributed by atoms with Crippen LogP contribution in [0.1, 0.15) is 49.7 Å². The highest BCUT2D eigenvalue weighted by Crippen LogP contribution is 2.66. The molecule has 0 spiro atoms. The summed E-state index contributed by atoms with van der Waals surface area (Å²) in [5, 5.41) is 2.66. The highest BCUT2D eigenvalue weighted by molar-refractivity contribution is 7.25. The van der Waals surface area contributed by atoms with E-state index in [1.54, 1.807) is 5.56 Å². The fourth-order valence-electron chi connectivity index (χ4n) is 10.4. The molecule has 6 aromatic carbocycles. The van der Waals surface area contributed by atoms with E-state index in [0.717, 1.165) is 17.8 Å². The van der Waals surface area contributed by atoms with Crippen LogP contribution in [0.15, 0.2) is 140 Å². The van der Waals surface area contributed by atoms with Crippen LogP contribution in [0.3, 0.4) is 0 Å². The van der Waals surface area contributed by atoms with Gasteiger partial charge in [-0.3, -0.25) is 0 Å². The maximum Gasteiger partial charge on any atom is 0.0540 e. The molecule has 4 atom stereocenters. The van der Waals surface area contributed by atoms with E-state index in [0.29, 0.717) is 5.41 Å². The summed E-state index contributed by atoms with van der Waals surface area (Å²) < 4.78 is 2.68. The molecule has 2 heteroatoms. The first-order valence-electron chi connectivity index (χ1n) is 18.2. The standard InChI is InChI=1S/C47H41NS/c1-31-27-36(47-26-25-35(30-47)38-16-10-17-42(38)47)20-23-43(31)48(37-21-24-46-41(29-37)39-15-8-9-18-45(39)49-46)44-22-19-34(32-11-4-2-5-12-32)28-40(44)33-13-6-3-7-14-33/h2-9,11-15,18-24,27-29,35,38,42H,10,16-17,25-26,30H2,1H3. The molecule has 0 saturated heterocycles. The first-order chi connectivity index (χ1) is 24.2. The zero-order chi connectivity index (χ0) is 32.5. The molecule has 0 N–H and O–H groups in total. The summed E-state index contributed by atoms with van der Waals surface area (Å²) in [6, 6.07) is 52.3. The molecule has 10 rings (SSSR count). The van der Waals surface area contributed by atoms with Crippen LogP contribution in [0.25, 0.3) is 42.4 Å². The van der Waals surface area contributed by atoms with Gasteiger partial charge in [0.2, 0.25) is 0 Å². The number of fused-ring (bicyclic) bond motifs is 8. The summed E-state index contributed by atoms with van der Waals surface area (Å²) in [7, 11) is 0. The van der Waals surface area contributed by atoms with Gasteiger partial charge in [-0.25, -0.2) is 0 Å². The number of rotatable bonds is 6. The summed E-state index contributed by atoms with van der Waals surface area (Å²) in [4.78, 5) is 2.55. The van der Waals surface area contributed by atoms with Crippen molar-refractivity contribution in [1.82, 2.24) is 0 Å². The summed E-state index contributed by atoms with van der Waals surface area (Å²) in [6.45, 7) is 2.36. The van der Waals surface area contributed by atoms with Crippen LogP contribution in [-0.4, -0.2) is 0 Å². The van der Waals surface area contributed by atoms with Crippen molar-refractivity contribution in [3.8, 4) is 22.3 Å².